The van der Waals surface area contributed by atoms with Gasteiger partial charge in [-0.15, -0.1) is 0 Å². The highest BCUT2D eigenvalue weighted by molar-refractivity contribution is 7.53. The monoisotopic (exact) mass is 530 g/mol. The van der Waals surface area contributed by atoms with Gasteiger partial charge in [0.15, 0.2) is 0 Å². The average Bonchev–Trinajstić information content (AvgIpc) is 2.73. The molecule has 0 radical (unpaired) electrons. The van der Waals surface area contributed by atoms with Crippen LogP contribution in [0.3, 0.4) is 0 Å². The Balaban J connectivity index is 3.57. The second kappa shape index (κ2) is 15.5. The minimum atomic E-state index is -3.50. The molecule has 0 aliphatic carbocycles. The summed E-state index contributed by atoms with van der Waals surface area (Å²) < 4.78 is 79.7. The molecule has 0 unspecified atom stereocenters. The standard InChI is InChI=1S/C18H30O10P4/c1-5-25-31(21,26-6-2)13-17-9-15(11-23-29-19)16(12-24-30-20)10-18(17)14-32(22,27-7-3)28-8-4/h9-10H,5-8,11-14H2,1-4H3. The van der Waals surface area contributed by atoms with Gasteiger partial charge >= 0.3 is 32.6 Å². The Kier molecular flexibility index (Phi) is 14.4. The molecule has 1 aromatic rings. The van der Waals surface area contributed by atoms with E-state index >= 15 is 0 Å². The second-order valence-electron chi connectivity index (χ2n) is 6.29. The van der Waals surface area contributed by atoms with E-state index in [0.717, 1.165) is 0 Å². The lowest BCUT2D eigenvalue weighted by Crippen LogP contribution is -2.07. The normalized spacial score (nSPS) is 12.6. The second-order valence-corrected chi connectivity index (χ2v) is 11.2. The van der Waals surface area contributed by atoms with Crippen LogP contribution in [0.5, 0.6) is 0 Å². The molecule has 14 heteroatoms. The van der Waals surface area contributed by atoms with Gasteiger partial charge in [-0.05, 0) is 49.9 Å². The summed E-state index contributed by atoms with van der Waals surface area (Å²) in [4.78, 5) is 0. The number of rotatable bonds is 18. The first-order valence-corrected chi connectivity index (χ1v) is 15.0. The molecule has 1 rings (SSSR count). The van der Waals surface area contributed by atoms with E-state index in [1.165, 1.54) is 0 Å². The average molecular weight is 530 g/mol. The van der Waals surface area contributed by atoms with Crippen LogP contribution in [0.15, 0.2) is 12.1 Å². The minimum Gasteiger partial charge on any atom is -0.309 e. The van der Waals surface area contributed by atoms with Crippen LogP contribution in [0, 0.1) is 0 Å². The number of hydrogen-bond donors (Lipinski definition) is 0. The van der Waals surface area contributed by atoms with Gasteiger partial charge in [-0.2, -0.15) is 0 Å². The molecule has 0 saturated carbocycles. The van der Waals surface area contributed by atoms with Gasteiger partial charge in [0.2, 0.25) is 0 Å². The first kappa shape index (κ1) is 29.7. The summed E-state index contributed by atoms with van der Waals surface area (Å²) in [6.45, 7) is 7.47. The Bertz CT molecular complexity index is 745. The molecular weight excluding hydrogens is 500 g/mol. The molecule has 32 heavy (non-hydrogen) atoms. The van der Waals surface area contributed by atoms with Crippen LogP contribution in [-0.2, 0) is 70.9 Å². The predicted molar refractivity (Wildman–Crippen MR) is 120 cm³/mol. The quantitative estimate of drug-likeness (QED) is 0.190. The minimum absolute atomic E-state index is 0.0467. The van der Waals surface area contributed by atoms with Crippen molar-refractivity contribution in [3.63, 3.8) is 0 Å². The van der Waals surface area contributed by atoms with Crippen LogP contribution in [0.25, 0.3) is 0 Å². The molecule has 10 nitrogen and oxygen atoms in total. The van der Waals surface area contributed by atoms with Gasteiger partial charge in [-0.3, -0.25) is 18.2 Å². The first-order valence-electron chi connectivity index (χ1n) is 10.1. The van der Waals surface area contributed by atoms with Crippen LogP contribution in [-0.4, -0.2) is 26.4 Å². The Labute approximate surface area is 192 Å². The fraction of sp³-hybridized carbons (Fsp3) is 0.667. The van der Waals surface area contributed by atoms with Crippen LogP contribution in [0.1, 0.15) is 49.9 Å². The number of hydrogen-bond acceptors (Lipinski definition) is 10. The fourth-order valence-electron chi connectivity index (χ4n) is 3.01. The van der Waals surface area contributed by atoms with Crippen molar-refractivity contribution in [2.45, 2.75) is 53.2 Å². The maximum Gasteiger partial charge on any atom is 0.335 e. The molecule has 0 atom stereocenters. The van der Waals surface area contributed by atoms with Gasteiger partial charge in [-0.25, -0.2) is 9.13 Å². The Morgan fingerprint density at radius 3 is 1.19 bits per heavy atom. The topological polar surface area (TPSA) is 124 Å². The molecule has 1 aromatic carbocycles. The van der Waals surface area contributed by atoms with Gasteiger partial charge in [-0.1, -0.05) is 12.1 Å². The van der Waals surface area contributed by atoms with Gasteiger partial charge in [0.05, 0.1) is 52.0 Å². The zero-order valence-corrected chi connectivity index (χ0v) is 22.3. The summed E-state index contributed by atoms with van der Waals surface area (Å²) >= 11 is 0. The zero-order valence-electron chi connectivity index (χ0n) is 18.7. The van der Waals surface area contributed by atoms with Crippen LogP contribution >= 0.6 is 32.6 Å². The molecule has 0 heterocycles. The van der Waals surface area contributed by atoms with Gasteiger partial charge in [0.1, 0.15) is 0 Å². The molecule has 0 N–H and O–H groups in total. The van der Waals surface area contributed by atoms with Crippen molar-refractivity contribution in [2.75, 3.05) is 26.4 Å². The molecule has 0 saturated heterocycles. The highest BCUT2D eigenvalue weighted by Crippen LogP contribution is 2.55. The molecule has 0 aromatic heterocycles. The molecule has 0 spiro atoms. The van der Waals surface area contributed by atoms with Gasteiger partial charge < -0.3 is 18.1 Å². The van der Waals surface area contributed by atoms with E-state index in [9.17, 15) is 18.3 Å². The number of benzene rings is 1. The molecule has 0 bridgehead atoms. The highest BCUT2D eigenvalue weighted by atomic mass is 31.2. The van der Waals surface area contributed by atoms with Crippen molar-refractivity contribution in [3.05, 3.63) is 34.4 Å². The van der Waals surface area contributed by atoms with Crippen molar-refractivity contribution in [1.29, 1.82) is 0 Å². The van der Waals surface area contributed by atoms with Crippen molar-refractivity contribution in [2.24, 2.45) is 0 Å². The maximum atomic E-state index is 13.2. The summed E-state index contributed by atoms with van der Waals surface area (Å²) in [7, 11) is -8.05. The lowest BCUT2D eigenvalue weighted by atomic mass is 10.0. The fourth-order valence-corrected chi connectivity index (χ4v) is 6.90. The largest absolute Gasteiger partial charge is 0.335 e. The van der Waals surface area contributed by atoms with Crippen LogP contribution in [0.2, 0.25) is 0 Å². The van der Waals surface area contributed by atoms with E-state index < -0.39 is 32.6 Å². The van der Waals surface area contributed by atoms with Crippen molar-refractivity contribution < 1.29 is 45.4 Å². The third-order valence-electron chi connectivity index (χ3n) is 4.10. The van der Waals surface area contributed by atoms with E-state index in [4.69, 9.17) is 27.1 Å². The predicted octanol–water partition coefficient (Wildman–Crippen LogP) is 6.67. The third-order valence-corrected chi connectivity index (χ3v) is 8.63. The smallest absolute Gasteiger partial charge is 0.309 e. The summed E-state index contributed by atoms with van der Waals surface area (Å²) in [5.41, 5.74) is 2.19. The van der Waals surface area contributed by atoms with Crippen molar-refractivity contribution >= 4 is 32.6 Å². The van der Waals surface area contributed by atoms with Crippen molar-refractivity contribution in [3.8, 4) is 0 Å². The maximum absolute atomic E-state index is 13.2. The van der Waals surface area contributed by atoms with E-state index in [0.29, 0.717) is 22.3 Å². The highest BCUT2D eigenvalue weighted by Gasteiger charge is 2.30. The summed E-state index contributed by atoms with van der Waals surface area (Å²) in [6, 6.07) is 3.35. The molecule has 0 aliphatic heterocycles. The first-order chi connectivity index (χ1) is 15.3. The molecule has 182 valence electrons. The van der Waals surface area contributed by atoms with E-state index in [1.54, 1.807) is 39.8 Å². The molecule has 0 aliphatic rings. The Hall–Kier alpha value is -0.360. The summed E-state index contributed by atoms with van der Waals surface area (Å²) in [6.07, 6.45) is -0.184. The molecular formula is C18H30O10P4. The molecule has 0 fully saturated rings. The SMILES string of the molecule is CCOP(=O)(Cc1cc(COP=O)c(COP=O)cc1CP(=O)(OCC)OCC)OCC. The van der Waals surface area contributed by atoms with Crippen LogP contribution < -0.4 is 0 Å². The van der Waals surface area contributed by atoms with E-state index in [2.05, 4.69) is 0 Å². The van der Waals surface area contributed by atoms with Gasteiger partial charge in [0, 0.05) is 0 Å². The van der Waals surface area contributed by atoms with Gasteiger partial charge in [0.25, 0.3) is 0 Å². The summed E-state index contributed by atoms with van der Waals surface area (Å²) in [5.74, 6) is 0. The van der Waals surface area contributed by atoms with E-state index in [-0.39, 0.29) is 52.0 Å². The van der Waals surface area contributed by atoms with E-state index in [1.807, 2.05) is 0 Å². The third kappa shape index (κ3) is 9.87. The lowest BCUT2D eigenvalue weighted by Gasteiger charge is -2.23. The zero-order chi connectivity index (χ0) is 24.0. The Morgan fingerprint density at radius 2 is 0.938 bits per heavy atom. The van der Waals surface area contributed by atoms with Crippen molar-refractivity contribution in [1.82, 2.24) is 0 Å². The van der Waals surface area contributed by atoms with Crippen LogP contribution in [0.4, 0.5) is 0 Å². The lowest BCUT2D eigenvalue weighted by molar-refractivity contribution is 0.216. The Morgan fingerprint density at radius 1 is 0.625 bits per heavy atom. The summed E-state index contributed by atoms with van der Waals surface area (Å²) in [5, 5.41) is 0. The molecule has 0 amide bonds.